The van der Waals surface area contributed by atoms with Crippen LogP contribution in [0.2, 0.25) is 0 Å². The Hall–Kier alpha value is -2.83. The van der Waals surface area contributed by atoms with Gasteiger partial charge < -0.3 is 15.3 Å². The number of benzene rings is 1. The highest BCUT2D eigenvalue weighted by Crippen LogP contribution is 2.10. The molecule has 1 aromatic carbocycles. The Morgan fingerprint density at radius 3 is 2.90 bits per heavy atom. The number of hydrogen-bond donors (Lipinski definition) is 3. The molecule has 0 radical (unpaired) electrons. The van der Waals surface area contributed by atoms with Crippen molar-refractivity contribution in [3.05, 3.63) is 52.2 Å². The van der Waals surface area contributed by atoms with Crippen molar-refractivity contribution in [1.82, 2.24) is 25.1 Å². The summed E-state index contributed by atoms with van der Waals surface area (Å²) in [6.07, 6.45) is 3.26. The molecule has 7 heteroatoms. The van der Waals surface area contributed by atoms with E-state index in [0.29, 0.717) is 12.1 Å². The van der Waals surface area contributed by atoms with Crippen LogP contribution < -0.4 is 11.0 Å². The zero-order valence-corrected chi connectivity index (χ0v) is 11.5. The van der Waals surface area contributed by atoms with Gasteiger partial charge in [0.05, 0.1) is 22.8 Å². The normalized spacial score (nSPS) is 10.9. The van der Waals surface area contributed by atoms with Crippen LogP contribution in [0.5, 0.6) is 0 Å². The number of carbonyl (C=O) groups is 1. The van der Waals surface area contributed by atoms with E-state index in [1.807, 2.05) is 25.1 Å². The van der Waals surface area contributed by atoms with Gasteiger partial charge in [0.25, 0.3) is 5.91 Å². The summed E-state index contributed by atoms with van der Waals surface area (Å²) in [4.78, 5) is 28.5. The molecule has 0 aliphatic heterocycles. The van der Waals surface area contributed by atoms with E-state index in [0.717, 1.165) is 23.1 Å². The molecule has 1 amide bonds. The van der Waals surface area contributed by atoms with E-state index in [2.05, 4.69) is 20.4 Å². The second-order valence-corrected chi connectivity index (χ2v) is 4.73. The summed E-state index contributed by atoms with van der Waals surface area (Å²) in [5.41, 5.74) is 2.69. The molecule has 2 heterocycles. The van der Waals surface area contributed by atoms with E-state index < -0.39 is 0 Å². The lowest BCUT2D eigenvalue weighted by Gasteiger charge is -2.04. The molecule has 0 spiro atoms. The van der Waals surface area contributed by atoms with Crippen LogP contribution in [0, 0.1) is 0 Å². The monoisotopic (exact) mass is 285 g/mol. The van der Waals surface area contributed by atoms with Crippen LogP contribution in [-0.4, -0.2) is 25.7 Å². The standard InChI is InChI=1S/C14H15N5O2/c1-2-19-8-10(7-16-19)13(20)15-6-9-3-4-11-12(5-9)18-14(21)17-11/h3-5,7-8H,2,6H2,1H3,(H,15,20)(H2,17,18,21). The number of imidazole rings is 1. The highest BCUT2D eigenvalue weighted by molar-refractivity contribution is 5.93. The van der Waals surface area contributed by atoms with Crippen molar-refractivity contribution in [3.63, 3.8) is 0 Å². The fourth-order valence-corrected chi connectivity index (χ4v) is 2.13. The summed E-state index contributed by atoms with van der Waals surface area (Å²) >= 11 is 0. The van der Waals surface area contributed by atoms with Crippen LogP contribution in [0.1, 0.15) is 22.8 Å². The predicted molar refractivity (Wildman–Crippen MR) is 78.0 cm³/mol. The van der Waals surface area contributed by atoms with E-state index in [1.54, 1.807) is 17.1 Å². The Bertz CT molecular complexity index is 842. The molecule has 3 rings (SSSR count). The van der Waals surface area contributed by atoms with Gasteiger partial charge in [0.2, 0.25) is 0 Å². The van der Waals surface area contributed by atoms with Crippen molar-refractivity contribution in [2.75, 3.05) is 0 Å². The van der Waals surface area contributed by atoms with Crippen molar-refractivity contribution in [2.24, 2.45) is 0 Å². The van der Waals surface area contributed by atoms with Gasteiger partial charge >= 0.3 is 5.69 Å². The minimum atomic E-state index is -0.238. The van der Waals surface area contributed by atoms with Gasteiger partial charge in [-0.25, -0.2) is 4.79 Å². The second-order valence-electron chi connectivity index (χ2n) is 4.73. The number of hydrogen-bond acceptors (Lipinski definition) is 3. The zero-order chi connectivity index (χ0) is 14.8. The van der Waals surface area contributed by atoms with Crippen LogP contribution >= 0.6 is 0 Å². The molecular formula is C14H15N5O2. The van der Waals surface area contributed by atoms with Crippen LogP contribution in [0.4, 0.5) is 0 Å². The first-order valence-electron chi connectivity index (χ1n) is 6.67. The van der Waals surface area contributed by atoms with Crippen molar-refractivity contribution in [3.8, 4) is 0 Å². The number of aromatic amines is 2. The zero-order valence-electron chi connectivity index (χ0n) is 11.5. The molecule has 3 aromatic rings. The Labute approximate surface area is 120 Å². The lowest BCUT2D eigenvalue weighted by Crippen LogP contribution is -2.22. The molecule has 2 aromatic heterocycles. The Kier molecular flexibility index (Phi) is 3.31. The average molecular weight is 285 g/mol. The molecule has 0 atom stereocenters. The minimum Gasteiger partial charge on any atom is -0.348 e. The van der Waals surface area contributed by atoms with Crippen LogP contribution in [-0.2, 0) is 13.1 Å². The molecular weight excluding hydrogens is 270 g/mol. The summed E-state index contributed by atoms with van der Waals surface area (Å²) in [5, 5.41) is 6.90. The molecule has 3 N–H and O–H groups in total. The summed E-state index contributed by atoms with van der Waals surface area (Å²) in [6.45, 7) is 3.08. The number of nitrogens with one attached hydrogen (secondary N) is 3. The Morgan fingerprint density at radius 1 is 1.33 bits per heavy atom. The SMILES string of the molecule is CCn1cc(C(=O)NCc2ccc3[nH]c(=O)[nH]c3c2)cn1. The van der Waals surface area contributed by atoms with E-state index in [1.165, 1.54) is 0 Å². The van der Waals surface area contributed by atoms with Gasteiger partial charge in [0, 0.05) is 19.3 Å². The van der Waals surface area contributed by atoms with Gasteiger partial charge in [-0.1, -0.05) is 6.07 Å². The van der Waals surface area contributed by atoms with Crippen molar-refractivity contribution in [1.29, 1.82) is 0 Å². The number of amides is 1. The smallest absolute Gasteiger partial charge is 0.323 e. The number of carbonyl (C=O) groups excluding carboxylic acids is 1. The predicted octanol–water partition coefficient (Wildman–Crippen LogP) is 1.00. The molecule has 7 nitrogen and oxygen atoms in total. The molecule has 0 fully saturated rings. The average Bonchev–Trinajstić information content (AvgIpc) is 3.09. The van der Waals surface area contributed by atoms with Gasteiger partial charge in [-0.15, -0.1) is 0 Å². The number of nitrogens with zero attached hydrogens (tertiary/aromatic N) is 2. The molecule has 108 valence electrons. The van der Waals surface area contributed by atoms with Gasteiger partial charge in [0.1, 0.15) is 0 Å². The molecule has 0 aliphatic carbocycles. The molecule has 0 unspecified atom stereocenters. The largest absolute Gasteiger partial charge is 0.348 e. The summed E-state index contributed by atoms with van der Waals surface area (Å²) in [6, 6.07) is 5.51. The minimum absolute atomic E-state index is 0.169. The third-order valence-corrected chi connectivity index (χ3v) is 3.25. The van der Waals surface area contributed by atoms with Gasteiger partial charge in [-0.05, 0) is 24.6 Å². The van der Waals surface area contributed by atoms with Gasteiger partial charge in [-0.2, -0.15) is 5.10 Å². The lowest BCUT2D eigenvalue weighted by atomic mass is 10.2. The highest BCUT2D eigenvalue weighted by atomic mass is 16.2. The van der Waals surface area contributed by atoms with E-state index in [4.69, 9.17) is 0 Å². The summed E-state index contributed by atoms with van der Waals surface area (Å²) < 4.78 is 1.70. The van der Waals surface area contributed by atoms with E-state index in [-0.39, 0.29) is 11.6 Å². The Morgan fingerprint density at radius 2 is 2.14 bits per heavy atom. The Balaban J connectivity index is 1.70. The van der Waals surface area contributed by atoms with Gasteiger partial charge in [-0.3, -0.25) is 9.48 Å². The fraction of sp³-hybridized carbons (Fsp3) is 0.214. The van der Waals surface area contributed by atoms with Crippen LogP contribution in [0.25, 0.3) is 11.0 Å². The second kappa shape index (κ2) is 5.28. The lowest BCUT2D eigenvalue weighted by molar-refractivity contribution is 0.0951. The maximum absolute atomic E-state index is 12.0. The number of aryl methyl sites for hydroxylation is 1. The summed E-state index contributed by atoms with van der Waals surface area (Å²) in [5.74, 6) is -0.169. The van der Waals surface area contributed by atoms with E-state index in [9.17, 15) is 9.59 Å². The number of aromatic nitrogens is 4. The van der Waals surface area contributed by atoms with Crippen molar-refractivity contribution in [2.45, 2.75) is 20.0 Å². The first-order chi connectivity index (χ1) is 10.2. The fourth-order valence-electron chi connectivity index (χ4n) is 2.13. The van der Waals surface area contributed by atoms with E-state index >= 15 is 0 Å². The van der Waals surface area contributed by atoms with Crippen LogP contribution in [0.15, 0.2) is 35.4 Å². The number of H-pyrrole nitrogens is 2. The molecule has 0 aliphatic rings. The topological polar surface area (TPSA) is 95.6 Å². The van der Waals surface area contributed by atoms with Crippen molar-refractivity contribution >= 4 is 16.9 Å². The quantitative estimate of drug-likeness (QED) is 0.667. The van der Waals surface area contributed by atoms with Crippen LogP contribution in [0.3, 0.4) is 0 Å². The highest BCUT2D eigenvalue weighted by Gasteiger charge is 2.08. The van der Waals surface area contributed by atoms with Gasteiger partial charge in [0.15, 0.2) is 0 Å². The third-order valence-electron chi connectivity index (χ3n) is 3.25. The maximum atomic E-state index is 12.0. The first-order valence-corrected chi connectivity index (χ1v) is 6.67. The summed E-state index contributed by atoms with van der Waals surface area (Å²) in [7, 11) is 0. The number of fused-ring (bicyclic) bond motifs is 1. The number of rotatable bonds is 4. The third kappa shape index (κ3) is 2.71. The molecule has 0 bridgehead atoms. The molecule has 0 saturated carbocycles. The first kappa shape index (κ1) is 13.2. The molecule has 0 saturated heterocycles. The molecule has 21 heavy (non-hydrogen) atoms. The van der Waals surface area contributed by atoms with Crippen molar-refractivity contribution < 1.29 is 4.79 Å². The maximum Gasteiger partial charge on any atom is 0.323 e.